The van der Waals surface area contributed by atoms with Crippen molar-refractivity contribution < 1.29 is 9.31 Å². The van der Waals surface area contributed by atoms with Gasteiger partial charge in [0.1, 0.15) is 0 Å². The Kier molecular flexibility index (Phi) is 3.74. The summed E-state index contributed by atoms with van der Waals surface area (Å²) >= 11 is 0. The third-order valence-electron chi connectivity index (χ3n) is 9.30. The zero-order chi connectivity index (χ0) is 24.4. The van der Waals surface area contributed by atoms with E-state index in [4.69, 9.17) is 9.31 Å². The van der Waals surface area contributed by atoms with Crippen LogP contribution in [0.1, 0.15) is 49.9 Å². The highest BCUT2D eigenvalue weighted by Gasteiger charge is 2.55. The molecule has 3 aliphatic rings. The zero-order valence-electron chi connectivity index (χ0n) is 21.1. The summed E-state index contributed by atoms with van der Waals surface area (Å²) in [6, 6.07) is 33.8. The van der Waals surface area contributed by atoms with Crippen LogP contribution < -0.4 is 5.46 Å². The van der Waals surface area contributed by atoms with Gasteiger partial charge in [-0.15, -0.1) is 0 Å². The number of hydrogen-bond acceptors (Lipinski definition) is 2. The van der Waals surface area contributed by atoms with Crippen molar-refractivity contribution in [3.63, 3.8) is 0 Å². The molecule has 0 atom stereocenters. The Morgan fingerprint density at radius 2 is 1.06 bits per heavy atom. The molecule has 174 valence electrons. The molecule has 0 bridgehead atoms. The van der Waals surface area contributed by atoms with Crippen molar-refractivity contribution in [1.29, 1.82) is 0 Å². The van der Waals surface area contributed by atoms with E-state index in [9.17, 15) is 0 Å². The van der Waals surface area contributed by atoms with Gasteiger partial charge in [0.25, 0.3) is 0 Å². The highest BCUT2D eigenvalue weighted by Crippen LogP contribution is 2.62. The fourth-order valence-electron chi connectivity index (χ4n) is 7.03. The van der Waals surface area contributed by atoms with Gasteiger partial charge in [0.2, 0.25) is 0 Å². The van der Waals surface area contributed by atoms with E-state index in [1.165, 1.54) is 54.9 Å². The number of fused-ring (bicyclic) bond motifs is 7. The number of hydrogen-bond donors (Lipinski definition) is 0. The minimum absolute atomic E-state index is 0.353. The first kappa shape index (κ1) is 20.8. The smallest absolute Gasteiger partial charge is 0.399 e. The molecular weight excluding hydrogens is 439 g/mol. The van der Waals surface area contributed by atoms with E-state index >= 15 is 0 Å². The van der Waals surface area contributed by atoms with Crippen LogP contribution in [0.5, 0.6) is 0 Å². The molecule has 36 heavy (non-hydrogen) atoms. The van der Waals surface area contributed by atoms with Crippen molar-refractivity contribution >= 4 is 34.1 Å². The Labute approximate surface area is 212 Å². The summed E-state index contributed by atoms with van der Waals surface area (Å²) in [5.41, 5.74) is 7.95. The summed E-state index contributed by atoms with van der Waals surface area (Å²) in [6.45, 7) is 8.50. The third-order valence-corrected chi connectivity index (χ3v) is 9.30. The summed E-state index contributed by atoms with van der Waals surface area (Å²) in [7, 11) is -0.413. The lowest BCUT2D eigenvalue weighted by atomic mass is 9.68. The van der Waals surface area contributed by atoms with Crippen molar-refractivity contribution in [1.82, 2.24) is 0 Å². The first-order valence-corrected chi connectivity index (χ1v) is 12.9. The van der Waals surface area contributed by atoms with Crippen molar-refractivity contribution in [2.45, 2.75) is 44.3 Å². The van der Waals surface area contributed by atoms with Gasteiger partial charge in [0.15, 0.2) is 0 Å². The van der Waals surface area contributed by atoms with Crippen LogP contribution >= 0.6 is 0 Å². The van der Waals surface area contributed by atoms with Crippen molar-refractivity contribution in [3.8, 4) is 11.1 Å². The van der Waals surface area contributed by atoms with E-state index in [0.717, 1.165) is 5.46 Å². The number of benzene rings is 5. The molecule has 1 spiro atoms. The van der Waals surface area contributed by atoms with Gasteiger partial charge in [-0.3, -0.25) is 0 Å². The molecule has 1 aliphatic heterocycles. The van der Waals surface area contributed by atoms with Gasteiger partial charge in [-0.1, -0.05) is 91.0 Å². The van der Waals surface area contributed by atoms with Crippen LogP contribution in [0.4, 0.5) is 0 Å². The lowest BCUT2D eigenvalue weighted by Gasteiger charge is -2.32. The van der Waals surface area contributed by atoms with Gasteiger partial charge in [0, 0.05) is 0 Å². The minimum atomic E-state index is -0.413. The maximum Gasteiger partial charge on any atom is 0.495 e. The van der Waals surface area contributed by atoms with Crippen LogP contribution in [0.2, 0.25) is 0 Å². The normalized spacial score (nSPS) is 19.5. The summed E-state index contributed by atoms with van der Waals surface area (Å²) in [5.74, 6) is 0. The zero-order valence-corrected chi connectivity index (χ0v) is 21.1. The predicted octanol–water partition coefficient (Wildman–Crippen LogP) is 6.97. The Bertz CT molecular complexity index is 1680. The molecule has 2 nitrogen and oxygen atoms in total. The summed E-state index contributed by atoms with van der Waals surface area (Å²) in [6.07, 6.45) is 0. The molecule has 0 unspecified atom stereocenters. The van der Waals surface area contributed by atoms with E-state index in [0.29, 0.717) is 0 Å². The van der Waals surface area contributed by atoms with Crippen LogP contribution in [-0.2, 0) is 14.7 Å². The average molecular weight is 466 g/mol. The van der Waals surface area contributed by atoms with Crippen molar-refractivity contribution in [3.05, 3.63) is 113 Å². The van der Waals surface area contributed by atoms with Crippen LogP contribution in [0.3, 0.4) is 0 Å². The van der Waals surface area contributed by atoms with Crippen LogP contribution in [0.15, 0.2) is 91.0 Å². The highest BCUT2D eigenvalue weighted by atomic mass is 16.7. The maximum atomic E-state index is 6.60. The molecule has 0 N–H and O–H groups in total. The van der Waals surface area contributed by atoms with Crippen LogP contribution in [0.25, 0.3) is 32.7 Å². The molecular formula is C33H27BO2. The van der Waals surface area contributed by atoms with Gasteiger partial charge in [0.05, 0.1) is 16.6 Å². The van der Waals surface area contributed by atoms with E-state index in [1.54, 1.807) is 0 Å². The molecule has 0 saturated carbocycles. The Morgan fingerprint density at radius 1 is 0.528 bits per heavy atom. The van der Waals surface area contributed by atoms with E-state index in [-0.39, 0.29) is 5.41 Å². The summed E-state index contributed by atoms with van der Waals surface area (Å²) in [4.78, 5) is 0. The topological polar surface area (TPSA) is 18.5 Å². The average Bonchev–Trinajstić information content (AvgIpc) is 3.43. The minimum Gasteiger partial charge on any atom is -0.399 e. The third kappa shape index (κ3) is 2.23. The van der Waals surface area contributed by atoms with Crippen LogP contribution in [-0.4, -0.2) is 18.3 Å². The molecule has 3 heteroatoms. The van der Waals surface area contributed by atoms with Gasteiger partial charge >= 0.3 is 7.12 Å². The van der Waals surface area contributed by atoms with E-state index < -0.39 is 18.3 Å². The second-order valence-corrected chi connectivity index (χ2v) is 11.5. The van der Waals surface area contributed by atoms with Crippen molar-refractivity contribution in [2.24, 2.45) is 0 Å². The molecule has 0 radical (unpaired) electrons. The Balaban J connectivity index is 1.50. The monoisotopic (exact) mass is 466 g/mol. The second kappa shape index (κ2) is 6.48. The van der Waals surface area contributed by atoms with Crippen molar-refractivity contribution in [2.75, 3.05) is 0 Å². The Morgan fingerprint density at radius 3 is 1.69 bits per heavy atom. The molecule has 1 saturated heterocycles. The first-order valence-electron chi connectivity index (χ1n) is 12.9. The van der Waals surface area contributed by atoms with Gasteiger partial charge < -0.3 is 9.31 Å². The fourth-order valence-corrected chi connectivity index (χ4v) is 7.03. The summed E-state index contributed by atoms with van der Waals surface area (Å²) < 4.78 is 13.2. The molecule has 1 heterocycles. The molecule has 0 aromatic heterocycles. The maximum absolute atomic E-state index is 6.60. The highest BCUT2D eigenvalue weighted by molar-refractivity contribution is 6.64. The van der Waals surface area contributed by atoms with E-state index in [1.807, 2.05) is 0 Å². The lowest BCUT2D eigenvalue weighted by molar-refractivity contribution is 0.00578. The molecule has 5 aromatic rings. The standard InChI is InChI=1S/C33H27BO2/c1-31(2)32(3,4)36-34(35-31)27-17-9-16-26-30(27)22-12-5-6-13-23(22)33(26)24-14-7-10-20-18-19-21-11-8-15-25(33)29(21)28(20)24/h5-19H,1-4H3. The van der Waals surface area contributed by atoms with Gasteiger partial charge in [-0.25, -0.2) is 0 Å². The first-order chi connectivity index (χ1) is 17.3. The van der Waals surface area contributed by atoms with Crippen LogP contribution in [0, 0.1) is 0 Å². The predicted molar refractivity (Wildman–Crippen MR) is 148 cm³/mol. The lowest BCUT2D eigenvalue weighted by Crippen LogP contribution is -2.41. The molecule has 0 amide bonds. The molecule has 1 fully saturated rings. The fraction of sp³-hybridized carbons (Fsp3) is 0.212. The van der Waals surface area contributed by atoms with Gasteiger partial charge in [-0.05, 0) is 88.1 Å². The SMILES string of the molecule is CC1(C)OB(c2cccc3c2-c2ccccc2C32c3cccc4ccc5cccc2c5c34)OC1(C)C. The van der Waals surface area contributed by atoms with E-state index in [2.05, 4.69) is 119 Å². The number of rotatable bonds is 1. The molecule has 5 aromatic carbocycles. The van der Waals surface area contributed by atoms with Gasteiger partial charge in [-0.2, -0.15) is 0 Å². The summed E-state index contributed by atoms with van der Waals surface area (Å²) in [5, 5.41) is 5.37. The Hall–Kier alpha value is -3.40. The molecule has 2 aliphatic carbocycles. The largest absolute Gasteiger partial charge is 0.495 e. The molecule has 8 rings (SSSR count). The quantitative estimate of drug-likeness (QED) is 0.192. The second-order valence-electron chi connectivity index (χ2n) is 11.5.